The molecule has 2 N–H and O–H groups in total. The molecule has 0 saturated carbocycles. The van der Waals surface area contributed by atoms with Crippen molar-refractivity contribution >= 4 is 11.9 Å². The van der Waals surface area contributed by atoms with E-state index in [1.807, 2.05) is 19.1 Å². The molecular weight excluding hydrogens is 206 g/mol. The molecule has 1 unspecified atom stereocenters. The quantitative estimate of drug-likeness (QED) is 0.676. The molecule has 4 nitrogen and oxygen atoms in total. The van der Waals surface area contributed by atoms with Crippen LogP contribution in [0.4, 0.5) is 0 Å². The Balaban J connectivity index is 2.40. The Morgan fingerprint density at radius 1 is 1.44 bits per heavy atom. The van der Waals surface area contributed by atoms with Gasteiger partial charge in [0, 0.05) is 12.0 Å². The minimum absolute atomic E-state index is 0.00755. The second-order valence-corrected chi connectivity index (χ2v) is 4.23. The number of rotatable bonds is 6. The first-order valence-corrected chi connectivity index (χ1v) is 5.80. The predicted molar refractivity (Wildman–Crippen MR) is 61.0 cm³/mol. The van der Waals surface area contributed by atoms with E-state index in [-0.39, 0.29) is 24.3 Å². The first kappa shape index (κ1) is 12.7. The molecule has 1 rings (SSSR count). The van der Waals surface area contributed by atoms with Crippen LogP contribution in [0.15, 0.2) is 12.2 Å². The van der Waals surface area contributed by atoms with Gasteiger partial charge in [-0.25, -0.2) is 0 Å². The smallest absolute Gasteiger partial charge is 0.305 e. The summed E-state index contributed by atoms with van der Waals surface area (Å²) in [5, 5.41) is 11.6. The van der Waals surface area contributed by atoms with Crippen LogP contribution in [0.1, 0.15) is 39.0 Å². The number of carboxylic acids is 1. The van der Waals surface area contributed by atoms with Crippen molar-refractivity contribution in [1.29, 1.82) is 0 Å². The van der Waals surface area contributed by atoms with Crippen LogP contribution >= 0.6 is 0 Å². The van der Waals surface area contributed by atoms with Gasteiger partial charge in [-0.3, -0.25) is 9.59 Å². The molecule has 1 aliphatic carbocycles. The van der Waals surface area contributed by atoms with Crippen molar-refractivity contribution in [3.8, 4) is 0 Å². The van der Waals surface area contributed by atoms with Crippen LogP contribution in [0.2, 0.25) is 0 Å². The lowest BCUT2D eigenvalue weighted by atomic mass is 10.0. The summed E-state index contributed by atoms with van der Waals surface area (Å²) in [4.78, 5) is 22.4. The van der Waals surface area contributed by atoms with E-state index in [9.17, 15) is 9.59 Å². The van der Waals surface area contributed by atoms with Crippen LogP contribution in [-0.2, 0) is 9.59 Å². The zero-order chi connectivity index (χ0) is 12.0. The Labute approximate surface area is 95.7 Å². The summed E-state index contributed by atoms with van der Waals surface area (Å²) < 4.78 is 0. The van der Waals surface area contributed by atoms with Gasteiger partial charge < -0.3 is 10.4 Å². The third-order valence-corrected chi connectivity index (χ3v) is 2.78. The van der Waals surface area contributed by atoms with Gasteiger partial charge in [0.15, 0.2) is 0 Å². The molecule has 0 bridgehead atoms. The molecule has 0 aliphatic heterocycles. The van der Waals surface area contributed by atoms with Gasteiger partial charge in [-0.2, -0.15) is 0 Å². The fourth-order valence-corrected chi connectivity index (χ4v) is 1.93. The molecule has 0 saturated heterocycles. The number of amides is 1. The highest BCUT2D eigenvalue weighted by Crippen LogP contribution is 2.18. The summed E-state index contributed by atoms with van der Waals surface area (Å²) in [6.07, 6.45) is 7.15. The fraction of sp³-hybridized carbons (Fsp3) is 0.667. The summed E-state index contributed by atoms with van der Waals surface area (Å²) in [7, 11) is 0. The van der Waals surface area contributed by atoms with Crippen molar-refractivity contribution in [3.63, 3.8) is 0 Å². The minimum Gasteiger partial charge on any atom is -0.481 e. The first-order valence-electron chi connectivity index (χ1n) is 5.80. The lowest BCUT2D eigenvalue weighted by Crippen LogP contribution is -2.39. The normalized spacial score (nSPS) is 17.3. The average Bonchev–Trinajstić information content (AvgIpc) is 2.69. The lowest BCUT2D eigenvalue weighted by molar-refractivity contribution is -0.137. The number of carbonyl (C=O) groups is 2. The molecule has 1 aliphatic rings. The van der Waals surface area contributed by atoms with Gasteiger partial charge in [-0.05, 0) is 19.3 Å². The summed E-state index contributed by atoms with van der Waals surface area (Å²) in [6.45, 7) is 1.98. The third kappa shape index (κ3) is 4.04. The summed E-state index contributed by atoms with van der Waals surface area (Å²) in [5.74, 6) is -0.860. The van der Waals surface area contributed by atoms with E-state index in [0.717, 1.165) is 25.7 Å². The number of carboxylic acid groups (broad SMARTS) is 1. The van der Waals surface area contributed by atoms with Crippen LogP contribution < -0.4 is 5.32 Å². The number of aliphatic carboxylic acids is 1. The SMILES string of the molecule is CCCC(CC(=O)O)NC(=O)C1CC=CC1. The van der Waals surface area contributed by atoms with E-state index in [2.05, 4.69) is 5.32 Å². The van der Waals surface area contributed by atoms with Gasteiger partial charge in [0.05, 0.1) is 6.42 Å². The maximum atomic E-state index is 11.8. The van der Waals surface area contributed by atoms with Crippen molar-refractivity contribution in [2.75, 3.05) is 0 Å². The Hall–Kier alpha value is -1.32. The van der Waals surface area contributed by atoms with Crippen LogP contribution in [0.3, 0.4) is 0 Å². The largest absolute Gasteiger partial charge is 0.481 e. The van der Waals surface area contributed by atoms with Crippen molar-refractivity contribution in [1.82, 2.24) is 5.32 Å². The second-order valence-electron chi connectivity index (χ2n) is 4.23. The number of nitrogens with one attached hydrogen (secondary N) is 1. The monoisotopic (exact) mass is 225 g/mol. The van der Waals surface area contributed by atoms with Gasteiger partial charge in [-0.1, -0.05) is 25.5 Å². The van der Waals surface area contributed by atoms with Crippen LogP contribution in [0.5, 0.6) is 0 Å². The second kappa shape index (κ2) is 6.30. The van der Waals surface area contributed by atoms with Gasteiger partial charge in [0.25, 0.3) is 0 Å². The molecule has 16 heavy (non-hydrogen) atoms. The third-order valence-electron chi connectivity index (χ3n) is 2.78. The van der Waals surface area contributed by atoms with Crippen molar-refractivity contribution in [3.05, 3.63) is 12.2 Å². The van der Waals surface area contributed by atoms with Crippen molar-refractivity contribution in [2.45, 2.75) is 45.1 Å². The maximum Gasteiger partial charge on any atom is 0.305 e. The molecule has 1 amide bonds. The molecule has 90 valence electrons. The van der Waals surface area contributed by atoms with Gasteiger partial charge in [-0.15, -0.1) is 0 Å². The highest BCUT2D eigenvalue weighted by molar-refractivity contribution is 5.80. The number of hydrogen-bond donors (Lipinski definition) is 2. The molecule has 1 atom stereocenters. The topological polar surface area (TPSA) is 66.4 Å². The molecular formula is C12H19NO3. The van der Waals surface area contributed by atoms with E-state index in [0.29, 0.717) is 0 Å². The summed E-state index contributed by atoms with van der Waals surface area (Å²) in [5.41, 5.74) is 0. The van der Waals surface area contributed by atoms with Crippen molar-refractivity contribution < 1.29 is 14.7 Å². The van der Waals surface area contributed by atoms with Crippen LogP contribution in [-0.4, -0.2) is 23.0 Å². The van der Waals surface area contributed by atoms with Gasteiger partial charge in [0.2, 0.25) is 5.91 Å². The highest BCUT2D eigenvalue weighted by atomic mass is 16.4. The molecule has 0 aromatic heterocycles. The standard InChI is InChI=1S/C12H19NO3/c1-2-5-10(8-11(14)15)13-12(16)9-6-3-4-7-9/h3-4,9-10H,2,5-8H2,1H3,(H,13,16)(H,14,15). The molecule has 0 fully saturated rings. The average molecular weight is 225 g/mol. The Morgan fingerprint density at radius 2 is 2.06 bits per heavy atom. The minimum atomic E-state index is -0.858. The van der Waals surface area contributed by atoms with Crippen molar-refractivity contribution in [2.24, 2.45) is 5.92 Å². The zero-order valence-corrected chi connectivity index (χ0v) is 9.61. The van der Waals surface area contributed by atoms with E-state index in [4.69, 9.17) is 5.11 Å². The maximum absolute atomic E-state index is 11.8. The van der Waals surface area contributed by atoms with E-state index in [1.54, 1.807) is 0 Å². The van der Waals surface area contributed by atoms with Gasteiger partial charge >= 0.3 is 5.97 Å². The molecule has 0 aromatic carbocycles. The molecule has 4 heteroatoms. The summed E-state index contributed by atoms with van der Waals surface area (Å²) in [6, 6.07) is -0.226. The van der Waals surface area contributed by atoms with Gasteiger partial charge in [0.1, 0.15) is 0 Å². The molecule has 0 radical (unpaired) electrons. The molecule has 0 spiro atoms. The Morgan fingerprint density at radius 3 is 2.56 bits per heavy atom. The first-order chi connectivity index (χ1) is 7.63. The lowest BCUT2D eigenvalue weighted by Gasteiger charge is -2.18. The van der Waals surface area contributed by atoms with E-state index >= 15 is 0 Å². The number of allylic oxidation sites excluding steroid dienone is 2. The van der Waals surface area contributed by atoms with Crippen LogP contribution in [0, 0.1) is 5.92 Å². The summed E-state index contributed by atoms with van der Waals surface area (Å²) >= 11 is 0. The number of carbonyl (C=O) groups excluding carboxylic acids is 1. The highest BCUT2D eigenvalue weighted by Gasteiger charge is 2.22. The zero-order valence-electron chi connectivity index (χ0n) is 9.61. The predicted octanol–water partition coefficient (Wildman–Crippen LogP) is 1.71. The fourth-order valence-electron chi connectivity index (χ4n) is 1.93. The molecule has 0 heterocycles. The number of hydrogen-bond acceptors (Lipinski definition) is 2. The Bertz CT molecular complexity index is 278. The van der Waals surface area contributed by atoms with Crippen LogP contribution in [0.25, 0.3) is 0 Å². The Kier molecular flexibility index (Phi) is 5.02. The van der Waals surface area contributed by atoms with E-state index in [1.165, 1.54) is 0 Å². The van der Waals surface area contributed by atoms with E-state index < -0.39 is 5.97 Å². The molecule has 0 aromatic rings.